The van der Waals surface area contributed by atoms with Crippen molar-refractivity contribution in [2.45, 2.75) is 12.6 Å². The third-order valence-corrected chi connectivity index (χ3v) is 3.21. The van der Waals surface area contributed by atoms with E-state index in [9.17, 15) is 14.7 Å². The molecule has 2 heterocycles. The van der Waals surface area contributed by atoms with Crippen molar-refractivity contribution in [3.05, 3.63) is 53.6 Å². The molecule has 1 unspecified atom stereocenters. The molecule has 90 valence electrons. The highest BCUT2D eigenvalue weighted by molar-refractivity contribution is 6.22. The molecule has 0 spiro atoms. The van der Waals surface area contributed by atoms with E-state index in [1.165, 1.54) is 24.3 Å². The first kappa shape index (κ1) is 10.9. The number of aliphatic hydroxyl groups is 1. The summed E-state index contributed by atoms with van der Waals surface area (Å²) < 4.78 is 0. The number of ketones is 1. The van der Waals surface area contributed by atoms with Crippen LogP contribution in [-0.2, 0) is 4.79 Å². The highest BCUT2D eigenvalue weighted by Gasteiger charge is 2.51. The van der Waals surface area contributed by atoms with Crippen molar-refractivity contribution in [2.75, 3.05) is 4.90 Å². The molecular weight excluding hydrogens is 230 g/mol. The Kier molecular flexibility index (Phi) is 2.06. The number of rotatable bonds is 0. The lowest BCUT2D eigenvalue weighted by Gasteiger charge is -2.27. The summed E-state index contributed by atoms with van der Waals surface area (Å²) >= 11 is 0. The van der Waals surface area contributed by atoms with Gasteiger partial charge in [0.05, 0.1) is 5.69 Å². The van der Waals surface area contributed by atoms with Gasteiger partial charge in [-0.15, -0.1) is 0 Å². The van der Waals surface area contributed by atoms with Gasteiger partial charge in [0, 0.05) is 11.6 Å². The molecule has 0 radical (unpaired) electrons. The van der Waals surface area contributed by atoms with Gasteiger partial charge in [-0.3, -0.25) is 14.5 Å². The van der Waals surface area contributed by atoms with Crippen molar-refractivity contribution >= 4 is 17.4 Å². The number of nitrogens with zero attached hydrogens (tertiary/aromatic N) is 1. The molecule has 2 aliphatic rings. The lowest BCUT2D eigenvalue weighted by atomic mass is 10.0. The highest BCUT2D eigenvalue weighted by atomic mass is 16.3. The second-order valence-electron chi connectivity index (χ2n) is 4.47. The van der Waals surface area contributed by atoms with Gasteiger partial charge in [0.1, 0.15) is 0 Å². The molecule has 0 fully saturated rings. The average Bonchev–Trinajstić information content (AvgIpc) is 2.46. The number of hydrogen-bond acceptors (Lipinski definition) is 3. The van der Waals surface area contributed by atoms with Gasteiger partial charge in [-0.05, 0) is 25.1 Å². The second-order valence-corrected chi connectivity index (χ2v) is 4.47. The fourth-order valence-corrected chi connectivity index (χ4v) is 2.35. The van der Waals surface area contributed by atoms with E-state index in [1.54, 1.807) is 12.1 Å². The van der Waals surface area contributed by atoms with E-state index in [2.05, 4.69) is 0 Å². The van der Waals surface area contributed by atoms with E-state index in [4.69, 9.17) is 0 Å². The first-order valence-electron chi connectivity index (χ1n) is 5.62. The minimum atomic E-state index is -1.89. The van der Waals surface area contributed by atoms with Crippen molar-refractivity contribution in [3.8, 4) is 0 Å². The maximum Gasteiger partial charge on any atom is 0.253 e. The Morgan fingerprint density at radius 2 is 2.00 bits per heavy atom. The number of carbonyl (C=O) groups is 2. The first-order valence-corrected chi connectivity index (χ1v) is 5.62. The van der Waals surface area contributed by atoms with Crippen LogP contribution in [0.25, 0.3) is 0 Å². The van der Waals surface area contributed by atoms with Gasteiger partial charge < -0.3 is 5.11 Å². The Morgan fingerprint density at radius 3 is 2.78 bits per heavy atom. The molecule has 1 aromatic carbocycles. The number of fused-ring (bicyclic) bond motifs is 3. The highest BCUT2D eigenvalue weighted by Crippen LogP contribution is 2.39. The van der Waals surface area contributed by atoms with Crippen LogP contribution >= 0.6 is 0 Å². The number of hydrogen-bond donors (Lipinski definition) is 1. The summed E-state index contributed by atoms with van der Waals surface area (Å²) in [6, 6.07) is 5.18. The van der Waals surface area contributed by atoms with Crippen LogP contribution in [0.1, 0.15) is 15.9 Å². The molecule has 0 aliphatic carbocycles. The minimum absolute atomic E-state index is 0.380. The molecule has 4 heteroatoms. The van der Waals surface area contributed by atoms with Crippen molar-refractivity contribution in [1.82, 2.24) is 0 Å². The quantitative estimate of drug-likeness (QED) is 0.745. The third-order valence-electron chi connectivity index (χ3n) is 3.21. The van der Waals surface area contributed by atoms with Crippen molar-refractivity contribution < 1.29 is 14.7 Å². The Morgan fingerprint density at radius 1 is 1.22 bits per heavy atom. The molecule has 4 nitrogen and oxygen atoms in total. The van der Waals surface area contributed by atoms with Gasteiger partial charge in [-0.25, -0.2) is 0 Å². The van der Waals surface area contributed by atoms with Gasteiger partial charge in [-0.2, -0.15) is 0 Å². The van der Waals surface area contributed by atoms with Gasteiger partial charge in [0.15, 0.2) is 0 Å². The summed E-state index contributed by atoms with van der Waals surface area (Å²) in [4.78, 5) is 25.4. The number of anilines is 1. The monoisotopic (exact) mass is 241 g/mol. The smallest absolute Gasteiger partial charge is 0.253 e. The van der Waals surface area contributed by atoms with E-state index >= 15 is 0 Å². The number of benzene rings is 1. The average molecular weight is 241 g/mol. The molecule has 1 atom stereocenters. The van der Waals surface area contributed by atoms with E-state index in [0.29, 0.717) is 11.3 Å². The number of Topliss-reactive ketones (excluding diaryl/α,β-unsaturated/α-hetero) is 1. The summed E-state index contributed by atoms with van der Waals surface area (Å²) in [5, 5.41) is 10.5. The molecule has 0 bridgehead atoms. The van der Waals surface area contributed by atoms with Crippen molar-refractivity contribution in [3.63, 3.8) is 0 Å². The SMILES string of the molecule is Cc1ccc2c(c1)C(=O)C1(O)C=CC=CC(=O)N21. The number of aryl methyl sites for hydroxylation is 1. The van der Waals surface area contributed by atoms with Crippen LogP contribution in [-0.4, -0.2) is 22.5 Å². The van der Waals surface area contributed by atoms with Crippen LogP contribution in [0.2, 0.25) is 0 Å². The Hall–Kier alpha value is -2.20. The summed E-state index contributed by atoms with van der Waals surface area (Å²) in [7, 11) is 0. The maximum absolute atomic E-state index is 12.3. The Bertz CT molecular complexity index is 630. The second kappa shape index (κ2) is 3.40. The van der Waals surface area contributed by atoms with E-state index < -0.39 is 17.4 Å². The molecule has 18 heavy (non-hydrogen) atoms. The zero-order valence-electron chi connectivity index (χ0n) is 9.75. The zero-order valence-corrected chi connectivity index (χ0v) is 9.75. The maximum atomic E-state index is 12.3. The summed E-state index contributed by atoms with van der Waals surface area (Å²) in [5.41, 5.74) is -0.146. The van der Waals surface area contributed by atoms with Crippen LogP contribution in [0.4, 0.5) is 5.69 Å². The summed E-state index contributed by atoms with van der Waals surface area (Å²) in [6.45, 7) is 1.86. The molecule has 1 aromatic rings. The zero-order chi connectivity index (χ0) is 12.9. The standard InChI is InChI=1S/C14H11NO3/c1-9-5-6-11-10(8-9)13(17)14(18)7-3-2-4-12(16)15(11)14/h2-8,18H,1H3. The first-order chi connectivity index (χ1) is 8.54. The van der Waals surface area contributed by atoms with E-state index in [-0.39, 0.29) is 0 Å². The predicted molar refractivity (Wildman–Crippen MR) is 66.2 cm³/mol. The normalized spacial score (nSPS) is 25.1. The Labute approximate surface area is 104 Å². The molecule has 1 amide bonds. The fourth-order valence-electron chi connectivity index (χ4n) is 2.35. The topological polar surface area (TPSA) is 57.6 Å². The number of carbonyl (C=O) groups excluding carboxylic acids is 2. The molecule has 0 saturated carbocycles. The molecule has 0 aromatic heterocycles. The number of amides is 1. The lowest BCUT2D eigenvalue weighted by Crippen LogP contribution is -2.51. The van der Waals surface area contributed by atoms with Gasteiger partial charge in [0.2, 0.25) is 11.5 Å². The van der Waals surface area contributed by atoms with Crippen LogP contribution in [0, 0.1) is 6.92 Å². The molecule has 2 aliphatic heterocycles. The van der Waals surface area contributed by atoms with Gasteiger partial charge in [-0.1, -0.05) is 23.8 Å². The van der Waals surface area contributed by atoms with Gasteiger partial charge >= 0.3 is 0 Å². The Balaban J connectivity index is 2.29. The van der Waals surface area contributed by atoms with Crippen molar-refractivity contribution in [1.29, 1.82) is 0 Å². The number of allylic oxidation sites excluding steroid dienone is 2. The van der Waals surface area contributed by atoms with E-state index in [1.807, 2.05) is 13.0 Å². The molecule has 1 N–H and O–H groups in total. The summed E-state index contributed by atoms with van der Waals surface area (Å²) in [6.07, 6.45) is 5.69. The molecule has 0 saturated heterocycles. The van der Waals surface area contributed by atoms with E-state index in [0.717, 1.165) is 10.5 Å². The van der Waals surface area contributed by atoms with Gasteiger partial charge in [0.25, 0.3) is 5.91 Å². The lowest BCUT2D eigenvalue weighted by molar-refractivity contribution is -0.116. The van der Waals surface area contributed by atoms with Crippen LogP contribution in [0.5, 0.6) is 0 Å². The third kappa shape index (κ3) is 1.23. The van der Waals surface area contributed by atoms with Crippen LogP contribution < -0.4 is 4.90 Å². The fraction of sp³-hybridized carbons (Fsp3) is 0.143. The predicted octanol–water partition coefficient (Wildman–Crippen LogP) is 1.34. The van der Waals surface area contributed by atoms with Crippen molar-refractivity contribution in [2.24, 2.45) is 0 Å². The summed E-state index contributed by atoms with van der Waals surface area (Å²) in [5.74, 6) is -0.868. The molecule has 3 rings (SSSR count). The largest absolute Gasteiger partial charge is 0.361 e. The molecular formula is C14H11NO3. The minimum Gasteiger partial charge on any atom is -0.361 e. The van der Waals surface area contributed by atoms with Crippen LogP contribution in [0.15, 0.2) is 42.5 Å². The van der Waals surface area contributed by atoms with Crippen LogP contribution in [0.3, 0.4) is 0 Å².